The summed E-state index contributed by atoms with van der Waals surface area (Å²) >= 11 is 5.84. The normalized spacial score (nSPS) is 17.1. The molecule has 1 saturated heterocycles. The van der Waals surface area contributed by atoms with Gasteiger partial charge < -0.3 is 16.0 Å². The lowest BCUT2D eigenvalue weighted by Gasteiger charge is -2.29. The Morgan fingerprint density at radius 3 is 2.74 bits per heavy atom. The monoisotopic (exact) mass is 282 g/mol. The number of likely N-dealkylation sites (tertiary alicyclic amines) is 1. The average molecular weight is 283 g/mol. The minimum absolute atomic E-state index is 0.0973. The van der Waals surface area contributed by atoms with Gasteiger partial charge in [-0.2, -0.15) is 0 Å². The molecule has 1 atom stereocenters. The van der Waals surface area contributed by atoms with Crippen molar-refractivity contribution in [2.24, 2.45) is 0 Å². The Hall–Kier alpha value is -1.49. The van der Waals surface area contributed by atoms with E-state index < -0.39 is 0 Å². The van der Waals surface area contributed by atoms with Gasteiger partial charge in [0.05, 0.1) is 0 Å². The molecule has 2 heterocycles. The number of pyridine rings is 1. The van der Waals surface area contributed by atoms with Crippen LogP contribution in [-0.2, 0) is 4.79 Å². The molecule has 104 valence electrons. The molecule has 1 aliphatic heterocycles. The van der Waals surface area contributed by atoms with Gasteiger partial charge in [-0.15, -0.1) is 0 Å². The first kappa shape index (κ1) is 13.9. The van der Waals surface area contributed by atoms with E-state index in [1.165, 1.54) is 6.42 Å². The summed E-state index contributed by atoms with van der Waals surface area (Å²) in [6.45, 7) is 3.52. The number of aromatic nitrogens is 1. The average Bonchev–Trinajstić information content (AvgIpc) is 2.37. The molecule has 5 nitrogen and oxygen atoms in total. The third-order valence-corrected chi connectivity index (χ3v) is 3.41. The van der Waals surface area contributed by atoms with E-state index >= 15 is 0 Å². The van der Waals surface area contributed by atoms with Gasteiger partial charge in [-0.25, -0.2) is 4.98 Å². The highest BCUT2D eigenvalue weighted by Gasteiger charge is 2.22. The number of anilines is 2. The van der Waals surface area contributed by atoms with E-state index in [-0.39, 0.29) is 11.9 Å². The zero-order chi connectivity index (χ0) is 13.8. The fourth-order valence-corrected chi connectivity index (χ4v) is 2.48. The zero-order valence-electron chi connectivity index (χ0n) is 11.0. The molecule has 2 rings (SSSR count). The lowest BCUT2D eigenvalue weighted by atomic mass is 10.1. The number of hydrogen-bond donors (Lipinski definition) is 2. The highest BCUT2D eigenvalue weighted by Crippen LogP contribution is 2.17. The number of nitrogens with zero attached hydrogens (tertiary/aromatic N) is 2. The zero-order valence-corrected chi connectivity index (χ0v) is 11.8. The molecule has 6 heteroatoms. The molecular weight excluding hydrogens is 264 g/mol. The van der Waals surface area contributed by atoms with Crippen molar-refractivity contribution >= 4 is 29.0 Å². The van der Waals surface area contributed by atoms with Gasteiger partial charge in [-0.3, -0.25) is 4.79 Å². The number of carbonyl (C=O) groups is 1. The summed E-state index contributed by atoms with van der Waals surface area (Å²) in [4.78, 5) is 18.2. The van der Waals surface area contributed by atoms with Crippen LogP contribution in [0.5, 0.6) is 0 Å². The van der Waals surface area contributed by atoms with Crippen molar-refractivity contribution in [3.63, 3.8) is 0 Å². The van der Waals surface area contributed by atoms with Gasteiger partial charge in [0.1, 0.15) is 17.0 Å². The van der Waals surface area contributed by atoms with Gasteiger partial charge in [-0.1, -0.05) is 11.6 Å². The second-order valence-corrected chi connectivity index (χ2v) is 5.25. The fraction of sp³-hybridized carbons (Fsp3) is 0.538. The van der Waals surface area contributed by atoms with E-state index in [4.69, 9.17) is 17.3 Å². The van der Waals surface area contributed by atoms with E-state index in [1.807, 2.05) is 11.8 Å². The lowest BCUT2D eigenvalue weighted by Crippen LogP contribution is -2.44. The molecule has 1 aromatic rings. The highest BCUT2D eigenvalue weighted by molar-refractivity contribution is 6.29. The van der Waals surface area contributed by atoms with Crippen molar-refractivity contribution in [2.75, 3.05) is 24.1 Å². The van der Waals surface area contributed by atoms with Crippen LogP contribution in [0, 0.1) is 0 Å². The Labute approximate surface area is 118 Å². The van der Waals surface area contributed by atoms with Crippen LogP contribution >= 0.6 is 11.6 Å². The van der Waals surface area contributed by atoms with Crippen LogP contribution < -0.4 is 11.1 Å². The van der Waals surface area contributed by atoms with Crippen LogP contribution in [0.3, 0.4) is 0 Å². The van der Waals surface area contributed by atoms with Crippen LogP contribution in [0.15, 0.2) is 12.1 Å². The Kier molecular flexibility index (Phi) is 4.47. The summed E-state index contributed by atoms with van der Waals surface area (Å²) < 4.78 is 0. The topological polar surface area (TPSA) is 71.2 Å². The maximum atomic E-state index is 12.2. The largest absolute Gasteiger partial charge is 0.399 e. The van der Waals surface area contributed by atoms with Crippen LogP contribution in [0.2, 0.25) is 5.15 Å². The highest BCUT2D eigenvalue weighted by atomic mass is 35.5. The van der Waals surface area contributed by atoms with Crippen molar-refractivity contribution < 1.29 is 4.79 Å². The maximum Gasteiger partial charge on any atom is 0.244 e. The first-order chi connectivity index (χ1) is 9.06. The summed E-state index contributed by atoms with van der Waals surface area (Å²) in [6.07, 6.45) is 3.37. The molecule has 0 bridgehead atoms. The number of nitrogen functional groups attached to an aromatic ring is 1. The maximum absolute atomic E-state index is 12.2. The minimum Gasteiger partial charge on any atom is -0.399 e. The molecule has 1 aromatic heterocycles. The van der Waals surface area contributed by atoms with Crippen LogP contribution in [0.4, 0.5) is 11.5 Å². The molecule has 0 radical (unpaired) electrons. The molecule has 1 amide bonds. The quantitative estimate of drug-likeness (QED) is 0.833. The number of nitrogens with one attached hydrogen (secondary N) is 1. The first-order valence-corrected chi connectivity index (χ1v) is 6.92. The molecule has 0 aromatic carbocycles. The lowest BCUT2D eigenvalue weighted by molar-refractivity contribution is -0.132. The molecule has 0 aliphatic carbocycles. The molecular formula is C13H19ClN4O. The Bertz CT molecular complexity index is 440. The number of hydrogen-bond acceptors (Lipinski definition) is 4. The Morgan fingerprint density at radius 2 is 2.11 bits per heavy atom. The van der Waals surface area contributed by atoms with E-state index in [1.54, 1.807) is 12.1 Å². The van der Waals surface area contributed by atoms with Gasteiger partial charge in [0.2, 0.25) is 5.91 Å². The van der Waals surface area contributed by atoms with Gasteiger partial charge in [0.15, 0.2) is 0 Å². The number of nitrogens with two attached hydrogens (primary N) is 1. The smallest absolute Gasteiger partial charge is 0.244 e. The van der Waals surface area contributed by atoms with Crippen LogP contribution in [0.25, 0.3) is 0 Å². The molecule has 0 saturated carbocycles. The predicted octanol–water partition coefficient (Wildman–Crippen LogP) is 2.13. The van der Waals surface area contributed by atoms with Crippen molar-refractivity contribution in [2.45, 2.75) is 32.2 Å². The third-order valence-electron chi connectivity index (χ3n) is 3.22. The van der Waals surface area contributed by atoms with Gasteiger partial charge in [0.25, 0.3) is 0 Å². The summed E-state index contributed by atoms with van der Waals surface area (Å²) in [5, 5.41) is 3.37. The van der Waals surface area contributed by atoms with Crippen LogP contribution in [0.1, 0.15) is 26.2 Å². The van der Waals surface area contributed by atoms with Gasteiger partial charge >= 0.3 is 0 Å². The Morgan fingerprint density at radius 1 is 1.42 bits per heavy atom. The van der Waals surface area contributed by atoms with Crippen LogP contribution in [-0.4, -0.2) is 34.9 Å². The minimum atomic E-state index is -0.330. The standard InChI is InChI=1S/C13H19ClN4O/c1-9(13(19)18-5-3-2-4-6-18)16-12-8-10(15)7-11(14)17-12/h7-9H,2-6H2,1H3,(H3,15,16,17). The number of amides is 1. The molecule has 3 N–H and O–H groups in total. The van der Waals surface area contributed by atoms with Gasteiger partial charge in [-0.05, 0) is 32.3 Å². The third kappa shape index (κ3) is 3.73. The number of piperidine rings is 1. The van der Waals surface area contributed by atoms with Crippen molar-refractivity contribution in [1.29, 1.82) is 0 Å². The summed E-state index contributed by atoms with van der Waals surface area (Å²) in [7, 11) is 0. The molecule has 1 aliphatic rings. The van der Waals surface area contributed by atoms with E-state index in [2.05, 4.69) is 10.3 Å². The summed E-state index contributed by atoms with van der Waals surface area (Å²) in [5.41, 5.74) is 6.22. The number of carbonyl (C=O) groups excluding carboxylic acids is 1. The molecule has 19 heavy (non-hydrogen) atoms. The van der Waals surface area contributed by atoms with Gasteiger partial charge in [0, 0.05) is 24.8 Å². The summed E-state index contributed by atoms with van der Waals surface area (Å²) in [6, 6.07) is 2.92. The Balaban J connectivity index is 1.99. The molecule has 1 unspecified atom stereocenters. The van der Waals surface area contributed by atoms with Crippen molar-refractivity contribution in [1.82, 2.24) is 9.88 Å². The molecule has 0 spiro atoms. The summed E-state index contributed by atoms with van der Waals surface area (Å²) in [5.74, 6) is 0.628. The number of rotatable bonds is 3. The van der Waals surface area contributed by atoms with E-state index in [0.717, 1.165) is 25.9 Å². The SMILES string of the molecule is CC(Nc1cc(N)cc(Cl)n1)C(=O)N1CCCCC1. The van der Waals surface area contributed by atoms with E-state index in [0.29, 0.717) is 16.7 Å². The predicted molar refractivity (Wildman–Crippen MR) is 77.2 cm³/mol. The number of halogens is 1. The van der Waals surface area contributed by atoms with Crippen molar-refractivity contribution in [3.8, 4) is 0 Å². The second kappa shape index (κ2) is 6.10. The second-order valence-electron chi connectivity index (χ2n) is 4.86. The fourth-order valence-electron chi connectivity index (χ4n) is 2.26. The molecule has 1 fully saturated rings. The van der Waals surface area contributed by atoms with Crippen molar-refractivity contribution in [3.05, 3.63) is 17.3 Å². The first-order valence-electron chi connectivity index (χ1n) is 6.54. The van der Waals surface area contributed by atoms with E-state index in [9.17, 15) is 4.79 Å².